The second-order valence-electron chi connectivity index (χ2n) is 2.24. The van der Waals surface area contributed by atoms with Crippen LogP contribution < -0.4 is 0 Å². The first-order chi connectivity index (χ1) is 4.45. The van der Waals surface area contributed by atoms with Crippen molar-refractivity contribution >= 4 is 24.8 Å². The van der Waals surface area contributed by atoms with Gasteiger partial charge in [0.25, 0.3) is 0 Å². The molecule has 0 unspecified atom stereocenters. The van der Waals surface area contributed by atoms with Gasteiger partial charge in [0.1, 0.15) is 0 Å². The van der Waals surface area contributed by atoms with Crippen molar-refractivity contribution in [1.82, 2.24) is 0 Å². The fourth-order valence-corrected chi connectivity index (χ4v) is 3.04. The number of hydrogen-bond acceptors (Lipinski definition) is 0. The maximum absolute atomic E-state index is 2.36. The van der Waals surface area contributed by atoms with Gasteiger partial charge in [-0.1, -0.05) is 0 Å². The van der Waals surface area contributed by atoms with E-state index in [1.807, 2.05) is 0 Å². The van der Waals surface area contributed by atoms with Gasteiger partial charge in [0, 0.05) is 0 Å². The maximum atomic E-state index is 2.36. The van der Waals surface area contributed by atoms with Crippen LogP contribution in [0, 0.1) is 0 Å². The Morgan fingerprint density at radius 2 is 1.82 bits per heavy atom. The molecule has 0 saturated carbocycles. The van der Waals surface area contributed by atoms with Crippen LogP contribution in [0.25, 0.3) is 0 Å². The Balaban J connectivity index is 0.000000500. The van der Waals surface area contributed by atoms with E-state index in [-0.39, 0.29) is 43.4 Å². The molecule has 0 aromatic heterocycles. The van der Waals surface area contributed by atoms with Crippen LogP contribution in [0.4, 0.5) is 0 Å². The standard InChI is InChI=1S/C5H5.C3H3.2ClH.Mo/c1-2-4-5-3-1;1-2-3-1;;;/h1-3H,4H2;1H,2H2;2*1H;. The van der Waals surface area contributed by atoms with Crippen LogP contribution in [-0.2, 0) is 18.6 Å². The average molecular weight is 273 g/mol. The smallest absolute Gasteiger partial charge is 0.147 e. The topological polar surface area (TPSA) is 0 Å². The summed E-state index contributed by atoms with van der Waals surface area (Å²) in [6, 6.07) is 0. The van der Waals surface area contributed by atoms with Crippen molar-refractivity contribution in [3.8, 4) is 0 Å². The molecule has 2 aliphatic rings. The second-order valence-corrected chi connectivity index (χ2v) is 5.32. The molecular formula is C8H10Cl2Mo. The molecule has 0 heterocycles. The van der Waals surface area contributed by atoms with Gasteiger partial charge in [-0.3, -0.25) is 0 Å². The molecule has 0 spiro atoms. The summed E-state index contributed by atoms with van der Waals surface area (Å²) in [5.74, 6) is 0. The number of allylic oxidation sites excluding steroid dienone is 6. The van der Waals surface area contributed by atoms with Crippen molar-refractivity contribution in [1.29, 1.82) is 0 Å². The van der Waals surface area contributed by atoms with E-state index in [1.54, 1.807) is 7.93 Å². The molecule has 0 N–H and O–H groups in total. The summed E-state index contributed by atoms with van der Waals surface area (Å²) in [6.45, 7) is 0. The molecule has 0 bridgehead atoms. The predicted molar refractivity (Wildman–Crippen MR) is 49.0 cm³/mol. The summed E-state index contributed by atoms with van der Waals surface area (Å²) in [5, 5.41) is 0. The fraction of sp³-hybridized carbons (Fsp3) is 0.250. The van der Waals surface area contributed by atoms with Gasteiger partial charge in [-0.15, -0.1) is 24.8 Å². The third kappa shape index (κ3) is 3.60. The SMILES string of the molecule is C1=CC[C]([Mo][C]2=CC2)=C1.Cl.Cl. The first-order valence-corrected chi connectivity index (χ1v) is 5.18. The largest absolute Gasteiger partial charge is 0.147 e. The van der Waals surface area contributed by atoms with Gasteiger partial charge in [-0.25, -0.2) is 0 Å². The van der Waals surface area contributed by atoms with Gasteiger partial charge >= 0.3 is 63.6 Å². The molecule has 2 rings (SSSR count). The molecule has 11 heavy (non-hydrogen) atoms. The third-order valence-electron chi connectivity index (χ3n) is 1.37. The summed E-state index contributed by atoms with van der Waals surface area (Å²) in [6.07, 6.45) is 11.7. The molecule has 62 valence electrons. The van der Waals surface area contributed by atoms with Crippen LogP contribution in [0.15, 0.2) is 32.2 Å². The minimum absolute atomic E-state index is 0. The number of rotatable bonds is 2. The van der Waals surface area contributed by atoms with Crippen LogP contribution in [0.3, 0.4) is 0 Å². The molecule has 3 heteroatoms. The van der Waals surface area contributed by atoms with Gasteiger partial charge in [0.05, 0.1) is 0 Å². The summed E-state index contributed by atoms with van der Waals surface area (Å²) < 4.78 is 3.47. The molecular weight excluding hydrogens is 263 g/mol. The van der Waals surface area contributed by atoms with Gasteiger partial charge in [-0.2, -0.15) is 0 Å². The summed E-state index contributed by atoms with van der Waals surface area (Å²) in [7, 11) is 0. The summed E-state index contributed by atoms with van der Waals surface area (Å²) >= 11 is 0.167. The van der Waals surface area contributed by atoms with Crippen molar-refractivity contribution < 1.29 is 18.6 Å². The predicted octanol–water partition coefficient (Wildman–Crippen LogP) is 3.04. The maximum Gasteiger partial charge on any atom is -0.147 e. The first kappa shape index (κ1) is 11.5. The Bertz CT molecular complexity index is 216. The minimum atomic E-state index is 0. The average Bonchev–Trinajstić information content (AvgIpc) is 2.46. The Morgan fingerprint density at radius 3 is 2.27 bits per heavy atom. The summed E-state index contributed by atoms with van der Waals surface area (Å²) in [4.78, 5) is 0. The Labute approximate surface area is 88.2 Å². The van der Waals surface area contributed by atoms with Crippen molar-refractivity contribution in [3.05, 3.63) is 32.2 Å². The van der Waals surface area contributed by atoms with E-state index in [0.29, 0.717) is 0 Å². The van der Waals surface area contributed by atoms with Gasteiger partial charge in [0.2, 0.25) is 0 Å². The molecule has 0 fully saturated rings. The monoisotopic (exact) mass is 274 g/mol. The van der Waals surface area contributed by atoms with Crippen molar-refractivity contribution in [2.75, 3.05) is 0 Å². The Kier molecular flexibility index (Phi) is 5.42. The van der Waals surface area contributed by atoms with Crippen molar-refractivity contribution in [2.45, 2.75) is 12.8 Å². The van der Waals surface area contributed by atoms with Crippen LogP contribution in [-0.4, -0.2) is 0 Å². The first-order valence-electron chi connectivity index (χ1n) is 3.18. The molecule has 0 aliphatic heterocycles. The quantitative estimate of drug-likeness (QED) is 0.678. The molecule has 0 radical (unpaired) electrons. The summed E-state index contributed by atoms with van der Waals surface area (Å²) in [5.41, 5.74) is 0. The van der Waals surface area contributed by atoms with Crippen LogP contribution >= 0.6 is 24.8 Å². The molecule has 0 nitrogen and oxygen atoms in total. The van der Waals surface area contributed by atoms with E-state index in [4.69, 9.17) is 0 Å². The number of halogens is 2. The molecule has 0 saturated heterocycles. The Morgan fingerprint density at radius 1 is 1.09 bits per heavy atom. The van der Waals surface area contributed by atoms with Gasteiger partial charge in [-0.05, 0) is 0 Å². The van der Waals surface area contributed by atoms with Gasteiger partial charge < -0.3 is 0 Å². The van der Waals surface area contributed by atoms with Gasteiger partial charge in [0.15, 0.2) is 0 Å². The fourth-order valence-electron chi connectivity index (χ4n) is 0.797. The van der Waals surface area contributed by atoms with Crippen molar-refractivity contribution in [2.24, 2.45) is 0 Å². The van der Waals surface area contributed by atoms with Crippen LogP contribution in [0.2, 0.25) is 0 Å². The van der Waals surface area contributed by atoms with E-state index in [9.17, 15) is 0 Å². The zero-order valence-corrected chi connectivity index (χ0v) is 9.59. The molecule has 0 aromatic rings. The zero-order chi connectivity index (χ0) is 6.10. The molecule has 2 aliphatic carbocycles. The Hall–Kier alpha value is 0.488. The molecule has 0 aromatic carbocycles. The second kappa shape index (κ2) is 5.19. The van der Waals surface area contributed by atoms with E-state index in [0.717, 1.165) is 0 Å². The van der Waals surface area contributed by atoms with E-state index in [2.05, 4.69) is 24.3 Å². The molecule has 0 amide bonds. The molecule has 0 atom stereocenters. The van der Waals surface area contributed by atoms with Crippen molar-refractivity contribution in [3.63, 3.8) is 0 Å². The van der Waals surface area contributed by atoms with Crippen LogP contribution in [0.5, 0.6) is 0 Å². The third-order valence-corrected chi connectivity index (χ3v) is 4.22. The minimum Gasteiger partial charge on any atom is -0.147 e. The number of hydrogen-bond donors (Lipinski definition) is 0. The zero-order valence-electron chi connectivity index (χ0n) is 5.95. The van der Waals surface area contributed by atoms with E-state index >= 15 is 0 Å². The van der Waals surface area contributed by atoms with E-state index < -0.39 is 0 Å². The van der Waals surface area contributed by atoms with E-state index in [1.165, 1.54) is 12.8 Å². The normalized spacial score (nSPS) is 17.8. The van der Waals surface area contributed by atoms with Crippen LogP contribution in [0.1, 0.15) is 12.8 Å².